The first-order valence-corrected chi connectivity index (χ1v) is 10.4. The van der Waals surface area contributed by atoms with E-state index in [9.17, 15) is 35.5 Å². The van der Waals surface area contributed by atoms with Crippen molar-refractivity contribution in [1.82, 2.24) is 0 Å². The van der Waals surface area contributed by atoms with Crippen molar-refractivity contribution in [3.63, 3.8) is 0 Å². The number of anilines is 2. The number of hydrogen-bond donors (Lipinski definition) is 1. The molecule has 33 heavy (non-hydrogen) atoms. The Kier molecular flexibility index (Phi) is 5.61. The molecule has 1 N–H and O–H groups in total. The highest BCUT2D eigenvalue weighted by Gasteiger charge is 2.46. The largest absolute Gasteiger partial charge is 0.418 e. The molecule has 2 aromatic carbocycles. The van der Waals surface area contributed by atoms with E-state index >= 15 is 0 Å². The molecular formula is C23H21F7N2O. The normalized spacial score (nSPS) is 17.5. The van der Waals surface area contributed by atoms with Crippen LogP contribution in [0.15, 0.2) is 30.3 Å². The topological polar surface area (TPSA) is 32.3 Å². The number of carbonyl (C=O) groups excluding carboxylic acids is 1. The Labute approximate surface area is 185 Å². The summed E-state index contributed by atoms with van der Waals surface area (Å²) in [6.45, 7) is 1.65. The van der Waals surface area contributed by atoms with E-state index < -0.39 is 40.9 Å². The van der Waals surface area contributed by atoms with Gasteiger partial charge in [-0.15, -0.1) is 0 Å². The van der Waals surface area contributed by atoms with Crippen molar-refractivity contribution in [1.29, 1.82) is 0 Å². The SMILES string of the molecule is CC1(CC(=O)Nc2c(C(F)(F)F)cc3c(c2C(F)(F)F)CCN(c2ccc(F)cc2)C3)CC1. The van der Waals surface area contributed by atoms with Gasteiger partial charge in [-0.3, -0.25) is 4.79 Å². The molecule has 1 saturated carbocycles. The van der Waals surface area contributed by atoms with Crippen LogP contribution >= 0.6 is 0 Å². The van der Waals surface area contributed by atoms with Gasteiger partial charge in [-0.2, -0.15) is 26.3 Å². The summed E-state index contributed by atoms with van der Waals surface area (Å²) in [6.07, 6.45) is -9.14. The second kappa shape index (κ2) is 7.92. The first-order chi connectivity index (χ1) is 15.3. The fourth-order valence-electron chi connectivity index (χ4n) is 4.24. The van der Waals surface area contributed by atoms with E-state index in [4.69, 9.17) is 0 Å². The van der Waals surface area contributed by atoms with E-state index in [0.29, 0.717) is 24.6 Å². The first-order valence-electron chi connectivity index (χ1n) is 10.4. The van der Waals surface area contributed by atoms with Gasteiger partial charge in [0, 0.05) is 25.2 Å². The van der Waals surface area contributed by atoms with Crippen LogP contribution in [0.1, 0.15) is 48.4 Å². The fraction of sp³-hybridized carbons (Fsp3) is 0.435. The number of alkyl halides is 6. The Morgan fingerprint density at radius 1 is 1.06 bits per heavy atom. The fourth-order valence-corrected chi connectivity index (χ4v) is 4.24. The van der Waals surface area contributed by atoms with E-state index in [2.05, 4.69) is 0 Å². The summed E-state index contributed by atoms with van der Waals surface area (Å²) in [5.41, 5.74) is -4.48. The molecule has 0 aromatic heterocycles. The quantitative estimate of drug-likeness (QED) is 0.510. The van der Waals surface area contributed by atoms with Gasteiger partial charge in [0.15, 0.2) is 0 Å². The molecule has 1 amide bonds. The van der Waals surface area contributed by atoms with Gasteiger partial charge < -0.3 is 10.2 Å². The highest BCUT2D eigenvalue weighted by Crippen LogP contribution is 2.50. The molecule has 0 spiro atoms. The lowest BCUT2D eigenvalue weighted by molar-refractivity contribution is -0.142. The van der Waals surface area contributed by atoms with E-state index in [1.54, 1.807) is 11.8 Å². The zero-order valence-corrected chi connectivity index (χ0v) is 17.6. The summed E-state index contributed by atoms with van der Waals surface area (Å²) >= 11 is 0. The minimum Gasteiger partial charge on any atom is -0.367 e. The van der Waals surface area contributed by atoms with Gasteiger partial charge in [0.05, 0.1) is 16.8 Å². The second-order valence-corrected chi connectivity index (χ2v) is 8.99. The Hall–Kier alpha value is -2.78. The van der Waals surface area contributed by atoms with Crippen molar-refractivity contribution >= 4 is 17.3 Å². The maximum Gasteiger partial charge on any atom is 0.418 e. The summed E-state index contributed by atoms with van der Waals surface area (Å²) in [6, 6.07) is 5.87. The van der Waals surface area contributed by atoms with Crippen molar-refractivity contribution in [2.45, 2.75) is 51.5 Å². The molecule has 10 heteroatoms. The molecule has 1 fully saturated rings. The number of amides is 1. The lowest BCUT2D eigenvalue weighted by Crippen LogP contribution is -2.33. The minimum absolute atomic E-state index is 0.0958. The molecule has 4 rings (SSSR count). The van der Waals surface area contributed by atoms with E-state index in [1.165, 1.54) is 24.3 Å². The summed E-state index contributed by atoms with van der Waals surface area (Å²) < 4.78 is 97.1. The Morgan fingerprint density at radius 3 is 2.24 bits per heavy atom. The molecule has 3 nitrogen and oxygen atoms in total. The predicted molar refractivity (Wildman–Crippen MR) is 108 cm³/mol. The number of benzene rings is 2. The van der Waals surface area contributed by atoms with Gasteiger partial charge in [0.25, 0.3) is 0 Å². The third-order valence-corrected chi connectivity index (χ3v) is 6.26. The molecule has 2 aliphatic rings. The maximum atomic E-state index is 14.1. The van der Waals surface area contributed by atoms with Crippen LogP contribution in [-0.2, 0) is 30.1 Å². The van der Waals surface area contributed by atoms with Crippen molar-refractivity contribution in [2.24, 2.45) is 5.41 Å². The molecule has 0 saturated heterocycles. The highest BCUT2D eigenvalue weighted by molar-refractivity contribution is 5.94. The third kappa shape index (κ3) is 4.94. The average molecular weight is 474 g/mol. The van der Waals surface area contributed by atoms with Crippen molar-refractivity contribution < 1.29 is 35.5 Å². The lowest BCUT2D eigenvalue weighted by atomic mass is 9.89. The number of nitrogens with one attached hydrogen (secondary N) is 1. The van der Waals surface area contributed by atoms with Gasteiger partial charge in [-0.25, -0.2) is 4.39 Å². The minimum atomic E-state index is -5.11. The standard InChI is InChI=1S/C23H21F7N2O/c1-21(7-8-21)11-18(33)31-20-17(22(25,26)27)10-13-12-32(15-4-2-14(24)3-5-15)9-6-16(13)19(20)23(28,29)30/h2-5,10H,6-9,11-12H2,1H3,(H,31,33). The van der Waals surface area contributed by atoms with Crippen LogP contribution in [0.25, 0.3) is 0 Å². The molecule has 0 atom stereocenters. The summed E-state index contributed by atoms with van der Waals surface area (Å²) in [5.74, 6) is -1.37. The van der Waals surface area contributed by atoms with Crippen LogP contribution in [0.5, 0.6) is 0 Å². The summed E-state index contributed by atoms with van der Waals surface area (Å²) in [5, 5.41) is 1.95. The highest BCUT2D eigenvalue weighted by atomic mass is 19.4. The summed E-state index contributed by atoms with van der Waals surface area (Å²) in [7, 11) is 0. The van der Waals surface area contributed by atoms with E-state index in [0.717, 1.165) is 0 Å². The Morgan fingerprint density at radius 2 is 1.70 bits per heavy atom. The number of halogens is 7. The zero-order valence-electron chi connectivity index (χ0n) is 17.6. The molecule has 178 valence electrons. The average Bonchev–Trinajstić information content (AvgIpc) is 3.42. The number of carbonyl (C=O) groups is 1. The van der Waals surface area contributed by atoms with E-state index in [-0.39, 0.29) is 42.5 Å². The molecule has 0 bridgehead atoms. The van der Waals surface area contributed by atoms with Crippen molar-refractivity contribution in [2.75, 3.05) is 16.8 Å². The van der Waals surface area contributed by atoms with Crippen LogP contribution < -0.4 is 10.2 Å². The molecule has 1 aliphatic heterocycles. The van der Waals surface area contributed by atoms with Gasteiger partial charge in [0.1, 0.15) is 5.82 Å². The molecule has 1 heterocycles. The van der Waals surface area contributed by atoms with Crippen molar-refractivity contribution in [3.05, 3.63) is 58.4 Å². The number of fused-ring (bicyclic) bond motifs is 1. The number of hydrogen-bond acceptors (Lipinski definition) is 2. The van der Waals surface area contributed by atoms with Crippen LogP contribution in [-0.4, -0.2) is 12.5 Å². The Balaban J connectivity index is 1.79. The maximum absolute atomic E-state index is 14.1. The third-order valence-electron chi connectivity index (χ3n) is 6.26. The van der Waals surface area contributed by atoms with Gasteiger partial charge in [0.2, 0.25) is 5.91 Å². The van der Waals surface area contributed by atoms with Gasteiger partial charge >= 0.3 is 12.4 Å². The Bertz CT molecular complexity index is 1070. The van der Waals surface area contributed by atoms with E-state index in [1.807, 2.05) is 5.32 Å². The van der Waals surface area contributed by atoms with Crippen LogP contribution in [0.4, 0.5) is 42.1 Å². The predicted octanol–water partition coefficient (Wildman–Crippen LogP) is 6.55. The molecular weight excluding hydrogens is 453 g/mol. The second-order valence-electron chi connectivity index (χ2n) is 8.99. The molecule has 0 radical (unpaired) electrons. The number of rotatable bonds is 4. The summed E-state index contributed by atoms with van der Waals surface area (Å²) in [4.78, 5) is 14.0. The molecule has 1 aliphatic carbocycles. The smallest absolute Gasteiger partial charge is 0.367 e. The molecule has 2 aromatic rings. The van der Waals surface area contributed by atoms with Crippen molar-refractivity contribution in [3.8, 4) is 0 Å². The first kappa shape index (κ1) is 23.4. The van der Waals surface area contributed by atoms with Crippen LogP contribution in [0.2, 0.25) is 0 Å². The van der Waals surface area contributed by atoms with Crippen LogP contribution in [0.3, 0.4) is 0 Å². The zero-order chi connectivity index (χ0) is 24.2. The van der Waals surface area contributed by atoms with Crippen LogP contribution in [0, 0.1) is 11.2 Å². The van der Waals surface area contributed by atoms with Gasteiger partial charge in [-0.1, -0.05) is 6.92 Å². The molecule has 0 unspecified atom stereocenters. The number of nitrogens with zero attached hydrogens (tertiary/aromatic N) is 1. The monoisotopic (exact) mass is 474 g/mol. The lowest BCUT2D eigenvalue weighted by Gasteiger charge is -2.34. The van der Waals surface area contributed by atoms with Gasteiger partial charge in [-0.05, 0) is 66.1 Å².